The minimum absolute atomic E-state index is 0.124. The molecule has 0 aliphatic heterocycles. The largest absolute Gasteiger partial charge is 0.462 e. The normalized spacial score (nSPS) is 15.9. The zero-order valence-corrected chi connectivity index (χ0v) is 15.0. The van der Waals surface area contributed by atoms with Crippen LogP contribution in [-0.4, -0.2) is 42.8 Å². The van der Waals surface area contributed by atoms with E-state index >= 15 is 0 Å². The maximum atomic E-state index is 13.8. The first-order valence-corrected chi connectivity index (χ1v) is 8.39. The van der Waals surface area contributed by atoms with Gasteiger partial charge >= 0.3 is 36.2 Å². The van der Waals surface area contributed by atoms with Gasteiger partial charge < -0.3 is 4.74 Å². The van der Waals surface area contributed by atoms with Crippen molar-refractivity contribution in [2.45, 2.75) is 82.1 Å². The molecule has 0 fully saturated rings. The average molecular weight is 456 g/mol. The van der Waals surface area contributed by atoms with Crippen molar-refractivity contribution < 1.29 is 62.6 Å². The lowest BCUT2D eigenvalue weighted by molar-refractivity contribution is -0.475. The van der Waals surface area contributed by atoms with Crippen molar-refractivity contribution in [2.75, 3.05) is 6.61 Å². The molecule has 1 atom stereocenters. The number of carbonyl (C=O) groups excluding carboxylic acids is 1. The molecule has 29 heavy (non-hydrogen) atoms. The van der Waals surface area contributed by atoms with Gasteiger partial charge in [0.1, 0.15) is 0 Å². The number of hydrogen-bond acceptors (Lipinski definition) is 3. The van der Waals surface area contributed by atoms with E-state index in [-0.39, 0.29) is 6.42 Å². The van der Waals surface area contributed by atoms with Crippen LogP contribution in [0, 0.1) is 0 Å². The lowest BCUT2D eigenvalue weighted by Gasteiger charge is -2.33. The summed E-state index contributed by atoms with van der Waals surface area (Å²) < 4.78 is 145. The molecule has 0 rings (SSSR count). The number of rotatable bonds is 12. The molecular weight excluding hydrogens is 437 g/mol. The van der Waals surface area contributed by atoms with Gasteiger partial charge in [0.25, 0.3) is 0 Å². The molecule has 0 heterocycles. The fourth-order valence-electron chi connectivity index (χ4n) is 1.94. The fourth-order valence-corrected chi connectivity index (χ4v) is 1.94. The molecule has 0 amide bonds. The monoisotopic (exact) mass is 456 g/mol. The average Bonchev–Trinajstić information content (AvgIpc) is 2.54. The van der Waals surface area contributed by atoms with E-state index in [0.29, 0.717) is 12.8 Å². The first-order valence-electron chi connectivity index (χ1n) is 8.39. The highest BCUT2D eigenvalue weighted by atomic mass is 19.4. The Hall–Kier alpha value is -1.34. The minimum Gasteiger partial charge on any atom is -0.461 e. The number of carbonyl (C=O) groups is 1. The van der Waals surface area contributed by atoms with Crippen molar-refractivity contribution in [1.29, 1.82) is 0 Å². The summed E-state index contributed by atoms with van der Waals surface area (Å²) in [5.74, 6) is -16.7. The van der Waals surface area contributed by atoms with E-state index in [1.165, 1.54) is 0 Å². The number of halogens is 11. The molecule has 0 saturated carbocycles. The predicted molar refractivity (Wildman–Crippen MR) is 75.9 cm³/mol. The van der Waals surface area contributed by atoms with E-state index in [1.54, 1.807) is 0 Å². The Morgan fingerprint density at radius 2 is 1.14 bits per heavy atom. The molecular formula is C15H19F11O3. The number of hydrogen-bond donors (Lipinski definition) is 0. The van der Waals surface area contributed by atoms with Crippen molar-refractivity contribution >= 4 is 5.97 Å². The van der Waals surface area contributed by atoms with Crippen LogP contribution in [0.1, 0.15) is 51.9 Å². The van der Waals surface area contributed by atoms with Crippen molar-refractivity contribution in [3.05, 3.63) is 0 Å². The summed E-state index contributed by atoms with van der Waals surface area (Å²) in [6.07, 6.45) is -16.7. The van der Waals surface area contributed by atoms with Crippen LogP contribution in [-0.2, 0) is 14.3 Å². The molecule has 0 saturated heterocycles. The number of esters is 1. The summed E-state index contributed by atoms with van der Waals surface area (Å²) in [6, 6.07) is 0. The van der Waals surface area contributed by atoms with Crippen LogP contribution in [0.3, 0.4) is 0 Å². The second kappa shape index (κ2) is 10.1. The Morgan fingerprint density at radius 3 is 1.55 bits per heavy atom. The van der Waals surface area contributed by atoms with Crippen molar-refractivity contribution in [3.8, 4) is 0 Å². The van der Waals surface area contributed by atoms with E-state index in [0.717, 1.165) is 25.7 Å². The predicted octanol–water partition coefficient (Wildman–Crippen LogP) is 6.32. The van der Waals surface area contributed by atoms with Gasteiger partial charge in [0, 0.05) is 0 Å². The zero-order chi connectivity index (χ0) is 23.1. The molecule has 1 unspecified atom stereocenters. The topological polar surface area (TPSA) is 35.5 Å². The Balaban J connectivity index is 5.09. The third-order valence-electron chi connectivity index (χ3n) is 3.60. The van der Waals surface area contributed by atoms with Crippen LogP contribution in [0.4, 0.5) is 48.3 Å². The van der Waals surface area contributed by atoms with Crippen LogP contribution in [0.2, 0.25) is 0 Å². The molecule has 0 spiro atoms. The van der Waals surface area contributed by atoms with Crippen molar-refractivity contribution in [1.82, 2.24) is 0 Å². The minimum atomic E-state index is -7.22. The van der Waals surface area contributed by atoms with E-state index in [1.807, 2.05) is 6.92 Å². The molecule has 14 heteroatoms. The summed E-state index contributed by atoms with van der Waals surface area (Å²) in [7, 11) is 0. The second-order valence-corrected chi connectivity index (χ2v) is 6.04. The van der Waals surface area contributed by atoms with Crippen LogP contribution in [0.5, 0.6) is 0 Å². The number of alkyl halides is 11. The third-order valence-corrected chi connectivity index (χ3v) is 3.60. The van der Waals surface area contributed by atoms with E-state index < -0.39 is 42.8 Å². The Labute approximate surface area is 158 Å². The number of ether oxygens (including phenoxy) is 2. The van der Waals surface area contributed by atoms with Crippen LogP contribution < -0.4 is 0 Å². The third kappa shape index (κ3) is 7.14. The Bertz CT molecular complexity index is 517. The summed E-state index contributed by atoms with van der Waals surface area (Å²) >= 11 is 0. The van der Waals surface area contributed by atoms with Gasteiger partial charge in [-0.05, 0) is 6.42 Å². The van der Waals surface area contributed by atoms with Gasteiger partial charge in [-0.25, -0.2) is 4.79 Å². The maximum Gasteiger partial charge on any atom is 0.462 e. The Morgan fingerprint density at radius 1 is 0.690 bits per heavy atom. The molecule has 0 N–H and O–H groups in total. The lowest BCUT2D eigenvalue weighted by Crippen LogP contribution is -2.61. The zero-order valence-electron chi connectivity index (χ0n) is 15.0. The molecule has 0 aliphatic rings. The highest BCUT2D eigenvalue weighted by molar-refractivity contribution is 5.78. The maximum absolute atomic E-state index is 13.8. The van der Waals surface area contributed by atoms with Crippen LogP contribution >= 0.6 is 0 Å². The van der Waals surface area contributed by atoms with E-state index in [4.69, 9.17) is 0 Å². The highest BCUT2D eigenvalue weighted by Gasteiger charge is 2.80. The quantitative estimate of drug-likeness (QED) is 0.196. The molecule has 0 aliphatic carbocycles. The summed E-state index contributed by atoms with van der Waals surface area (Å²) in [6.45, 7) is 1.03. The molecule has 3 nitrogen and oxygen atoms in total. The number of unbranched alkanes of at least 4 members (excludes halogenated alkanes) is 6. The highest BCUT2D eigenvalue weighted by Crippen LogP contribution is 2.51. The van der Waals surface area contributed by atoms with Gasteiger partial charge in [-0.3, -0.25) is 4.74 Å². The first kappa shape index (κ1) is 27.7. The smallest absolute Gasteiger partial charge is 0.461 e. The summed E-state index contributed by atoms with van der Waals surface area (Å²) in [4.78, 5) is 11.2. The van der Waals surface area contributed by atoms with Gasteiger partial charge in [-0.2, -0.15) is 48.3 Å². The summed E-state index contributed by atoms with van der Waals surface area (Å²) in [5, 5.41) is 0. The second-order valence-electron chi connectivity index (χ2n) is 6.04. The van der Waals surface area contributed by atoms with Gasteiger partial charge in [-0.1, -0.05) is 45.4 Å². The van der Waals surface area contributed by atoms with Crippen molar-refractivity contribution in [3.63, 3.8) is 0 Å². The molecule has 0 radical (unpaired) electrons. The van der Waals surface area contributed by atoms with E-state index in [2.05, 4.69) is 9.47 Å². The lowest BCUT2D eigenvalue weighted by atomic mass is 10.1. The molecule has 0 aromatic carbocycles. The standard InChI is InChI=1S/C15H19F11O3/c1-2-3-4-5-6-7-8-9-28-10(27)11(16,13(19,20)21)29-15(25,26)12(17,18)14(22,23)24/h2-9H2,1H3. The van der Waals surface area contributed by atoms with Gasteiger partial charge in [0.15, 0.2) is 0 Å². The van der Waals surface area contributed by atoms with Gasteiger partial charge in [-0.15, -0.1) is 0 Å². The van der Waals surface area contributed by atoms with Gasteiger partial charge in [0.05, 0.1) is 6.61 Å². The summed E-state index contributed by atoms with van der Waals surface area (Å²) in [5.41, 5.74) is 0. The molecule has 0 aromatic rings. The van der Waals surface area contributed by atoms with Crippen LogP contribution in [0.25, 0.3) is 0 Å². The fraction of sp³-hybridized carbons (Fsp3) is 0.933. The van der Waals surface area contributed by atoms with Crippen LogP contribution in [0.15, 0.2) is 0 Å². The molecule has 0 aromatic heterocycles. The first-order chi connectivity index (χ1) is 12.9. The van der Waals surface area contributed by atoms with Crippen molar-refractivity contribution in [2.24, 2.45) is 0 Å². The molecule has 174 valence electrons. The van der Waals surface area contributed by atoms with E-state index in [9.17, 15) is 53.1 Å². The Kier molecular flexibility index (Phi) is 9.65. The SMILES string of the molecule is CCCCCCCCCOC(=O)C(F)(OC(F)(F)C(F)(F)C(F)(F)F)C(F)(F)F. The van der Waals surface area contributed by atoms with Gasteiger partial charge in [0.2, 0.25) is 0 Å². The molecule has 0 bridgehead atoms.